The number of benzene rings is 1. The van der Waals surface area contributed by atoms with Crippen LogP contribution in [0.4, 0.5) is 5.95 Å². The van der Waals surface area contributed by atoms with Gasteiger partial charge in [0, 0.05) is 20.1 Å². The molecule has 33 heavy (non-hydrogen) atoms. The molecule has 3 aromatic rings. The predicted molar refractivity (Wildman–Crippen MR) is 129 cm³/mol. The number of imidazole rings is 1. The maximum absolute atomic E-state index is 12.6. The van der Waals surface area contributed by atoms with Gasteiger partial charge < -0.3 is 24.6 Å². The summed E-state index contributed by atoms with van der Waals surface area (Å²) < 4.78 is 8.68. The highest BCUT2D eigenvalue weighted by atomic mass is 16.5. The Hall–Kier alpha value is -3.11. The van der Waals surface area contributed by atoms with Gasteiger partial charge in [0.2, 0.25) is 5.95 Å². The van der Waals surface area contributed by atoms with Crippen molar-refractivity contribution < 1.29 is 9.84 Å². The second-order valence-electron chi connectivity index (χ2n) is 7.96. The minimum atomic E-state index is -0.896. The van der Waals surface area contributed by atoms with Gasteiger partial charge in [-0.2, -0.15) is 4.98 Å². The highest BCUT2D eigenvalue weighted by Gasteiger charge is 2.20. The van der Waals surface area contributed by atoms with Crippen molar-refractivity contribution in [2.24, 2.45) is 7.05 Å². The van der Waals surface area contributed by atoms with E-state index >= 15 is 0 Å². The number of H-pyrrole nitrogens is 1. The first kappa shape index (κ1) is 24.5. The predicted octanol–water partition coefficient (Wildman–Crippen LogP) is 1.18. The van der Waals surface area contributed by atoms with Crippen molar-refractivity contribution in [2.75, 3.05) is 38.1 Å². The zero-order valence-electron chi connectivity index (χ0n) is 19.8. The van der Waals surface area contributed by atoms with Crippen LogP contribution in [-0.2, 0) is 20.0 Å². The van der Waals surface area contributed by atoms with Crippen molar-refractivity contribution in [3.05, 3.63) is 50.7 Å². The fraction of sp³-hybridized carbons (Fsp3) is 0.522. The number of aliphatic hydroxyl groups excluding tert-OH is 1. The van der Waals surface area contributed by atoms with Crippen molar-refractivity contribution in [3.63, 3.8) is 0 Å². The quantitative estimate of drug-likeness (QED) is 0.373. The van der Waals surface area contributed by atoms with Crippen LogP contribution in [0.15, 0.2) is 33.9 Å². The van der Waals surface area contributed by atoms with Crippen molar-refractivity contribution in [2.45, 2.75) is 39.8 Å². The molecule has 0 aliphatic heterocycles. The molecule has 3 rings (SSSR count). The van der Waals surface area contributed by atoms with Crippen LogP contribution >= 0.6 is 0 Å². The Morgan fingerprint density at radius 3 is 2.70 bits per heavy atom. The lowest BCUT2D eigenvalue weighted by Crippen LogP contribution is -2.31. The van der Waals surface area contributed by atoms with Crippen LogP contribution in [0.25, 0.3) is 11.2 Å². The van der Waals surface area contributed by atoms with Crippen LogP contribution in [0.1, 0.15) is 26.3 Å². The normalized spacial score (nSPS) is 12.4. The number of ether oxygens (including phenoxy) is 1. The van der Waals surface area contributed by atoms with Crippen LogP contribution in [0.2, 0.25) is 0 Å². The minimum Gasteiger partial charge on any atom is -0.491 e. The summed E-state index contributed by atoms with van der Waals surface area (Å²) >= 11 is 0. The average molecular weight is 459 g/mol. The fourth-order valence-electron chi connectivity index (χ4n) is 3.72. The molecule has 0 radical (unpaired) electrons. The molecule has 1 aromatic carbocycles. The number of aromatic amines is 1. The van der Waals surface area contributed by atoms with Crippen LogP contribution < -0.4 is 21.3 Å². The van der Waals surface area contributed by atoms with Gasteiger partial charge in [0.05, 0.1) is 6.54 Å². The molecule has 0 unspecified atom stereocenters. The van der Waals surface area contributed by atoms with Crippen molar-refractivity contribution >= 4 is 17.1 Å². The Kier molecular flexibility index (Phi) is 8.29. The number of hydrogen-bond acceptors (Lipinski definition) is 7. The minimum absolute atomic E-state index is 0.0510. The van der Waals surface area contributed by atoms with Crippen molar-refractivity contribution in [1.82, 2.24) is 24.0 Å². The zero-order chi connectivity index (χ0) is 24.0. The number of likely N-dealkylation sites (N-methyl/N-ethyl adjacent to an activating group) is 1. The van der Waals surface area contributed by atoms with E-state index < -0.39 is 17.4 Å². The Morgan fingerprint density at radius 1 is 1.24 bits per heavy atom. The molecule has 0 aliphatic carbocycles. The summed E-state index contributed by atoms with van der Waals surface area (Å²) in [5, 5.41) is 14.0. The van der Waals surface area contributed by atoms with Gasteiger partial charge in [-0.1, -0.05) is 32.9 Å². The number of nitrogens with one attached hydrogen (secondary N) is 2. The molecule has 0 saturated carbocycles. The zero-order valence-corrected chi connectivity index (χ0v) is 19.8. The first-order chi connectivity index (χ1) is 15.9. The highest BCUT2D eigenvalue weighted by Crippen LogP contribution is 2.17. The summed E-state index contributed by atoms with van der Waals surface area (Å²) in [4.78, 5) is 33.7. The van der Waals surface area contributed by atoms with Crippen LogP contribution in [0, 0.1) is 0 Å². The molecule has 2 heterocycles. The molecule has 10 heteroatoms. The first-order valence-corrected chi connectivity index (χ1v) is 11.4. The molecule has 0 spiro atoms. The largest absolute Gasteiger partial charge is 0.491 e. The van der Waals surface area contributed by atoms with E-state index in [4.69, 9.17) is 4.74 Å². The van der Waals surface area contributed by atoms with E-state index in [-0.39, 0.29) is 24.3 Å². The van der Waals surface area contributed by atoms with E-state index in [9.17, 15) is 14.7 Å². The highest BCUT2D eigenvalue weighted by molar-refractivity contribution is 5.74. The van der Waals surface area contributed by atoms with Gasteiger partial charge in [-0.3, -0.25) is 14.3 Å². The summed E-state index contributed by atoms with van der Waals surface area (Å²) in [6.45, 7) is 9.65. The van der Waals surface area contributed by atoms with Gasteiger partial charge >= 0.3 is 5.69 Å². The molecule has 2 aromatic heterocycles. The molecule has 0 saturated heterocycles. The third kappa shape index (κ3) is 5.82. The van der Waals surface area contributed by atoms with E-state index in [0.29, 0.717) is 18.2 Å². The molecule has 180 valence electrons. The maximum Gasteiger partial charge on any atom is 0.329 e. The smallest absolute Gasteiger partial charge is 0.329 e. The molecule has 0 fully saturated rings. The van der Waals surface area contributed by atoms with Gasteiger partial charge in [-0.05, 0) is 37.2 Å². The van der Waals surface area contributed by atoms with Crippen LogP contribution in [-0.4, -0.2) is 68.0 Å². The van der Waals surface area contributed by atoms with E-state index in [1.54, 1.807) is 11.6 Å². The SMILES string of the molecule is CCc1cccc(OC[C@H](O)Cn2c(NCCN(CC)CC)nc3c2c(=O)[nH]c(=O)n3C)c1. The molecular weight excluding hydrogens is 424 g/mol. The Balaban J connectivity index is 1.83. The average Bonchev–Trinajstić information content (AvgIpc) is 3.17. The van der Waals surface area contributed by atoms with E-state index in [0.717, 1.165) is 31.6 Å². The number of nitrogens with zero attached hydrogens (tertiary/aromatic N) is 4. The lowest BCUT2D eigenvalue weighted by Gasteiger charge is -2.19. The van der Waals surface area contributed by atoms with Gasteiger partial charge in [-0.25, -0.2) is 4.79 Å². The third-order valence-corrected chi connectivity index (χ3v) is 5.76. The number of rotatable bonds is 12. The van der Waals surface area contributed by atoms with Crippen LogP contribution in [0.5, 0.6) is 5.75 Å². The first-order valence-electron chi connectivity index (χ1n) is 11.4. The van der Waals surface area contributed by atoms with Crippen LogP contribution in [0.3, 0.4) is 0 Å². The molecule has 10 nitrogen and oxygen atoms in total. The van der Waals surface area contributed by atoms with Crippen molar-refractivity contribution in [1.29, 1.82) is 0 Å². The summed E-state index contributed by atoms with van der Waals surface area (Å²) in [7, 11) is 1.55. The number of aliphatic hydroxyl groups is 1. The second-order valence-corrected chi connectivity index (χ2v) is 7.96. The molecule has 0 amide bonds. The number of hydrogen-bond donors (Lipinski definition) is 3. The fourth-order valence-corrected chi connectivity index (χ4v) is 3.72. The Morgan fingerprint density at radius 2 is 2.00 bits per heavy atom. The summed E-state index contributed by atoms with van der Waals surface area (Å²) in [6, 6.07) is 7.73. The Labute approximate surface area is 192 Å². The summed E-state index contributed by atoms with van der Waals surface area (Å²) in [5.74, 6) is 1.11. The Bertz CT molecular complexity index is 1180. The van der Waals surface area contributed by atoms with Gasteiger partial charge in [0.15, 0.2) is 11.2 Å². The van der Waals surface area contributed by atoms with Gasteiger partial charge in [-0.15, -0.1) is 0 Å². The van der Waals surface area contributed by atoms with E-state index in [1.165, 1.54) is 4.57 Å². The second kappa shape index (κ2) is 11.2. The topological polar surface area (TPSA) is 117 Å². The van der Waals surface area contributed by atoms with Gasteiger partial charge in [0.1, 0.15) is 18.5 Å². The van der Waals surface area contributed by atoms with E-state index in [1.807, 2.05) is 24.3 Å². The van der Waals surface area contributed by atoms with Crippen molar-refractivity contribution in [3.8, 4) is 5.75 Å². The summed E-state index contributed by atoms with van der Waals surface area (Å²) in [5.41, 5.74) is 0.565. The lowest BCUT2D eigenvalue weighted by molar-refractivity contribution is 0.0938. The third-order valence-electron chi connectivity index (χ3n) is 5.76. The molecule has 1 atom stereocenters. The molecule has 3 N–H and O–H groups in total. The van der Waals surface area contributed by atoms with Gasteiger partial charge in [0.25, 0.3) is 5.56 Å². The maximum atomic E-state index is 12.6. The molecule has 0 bridgehead atoms. The lowest BCUT2D eigenvalue weighted by atomic mass is 10.2. The number of fused-ring (bicyclic) bond motifs is 1. The standard InChI is InChI=1S/C23H34N6O4/c1-5-16-9-8-10-18(13-16)33-15-17(30)14-29-19-20(27(4)23(32)26-21(19)31)25-22(29)24-11-12-28(6-2)7-3/h8-10,13,17,30H,5-7,11-12,14-15H2,1-4H3,(H,24,25)(H,26,31,32)/t17-/m1/s1. The number of anilines is 1. The summed E-state index contributed by atoms with van der Waals surface area (Å²) in [6.07, 6.45) is -0.00205. The monoisotopic (exact) mass is 458 g/mol. The number of aryl methyl sites for hydroxylation is 2. The van der Waals surface area contributed by atoms with E-state index in [2.05, 4.69) is 41.0 Å². The molecule has 0 aliphatic rings. The molecular formula is C23H34N6O4. The number of aromatic nitrogens is 4.